The third-order valence-electron chi connectivity index (χ3n) is 4.71. The number of carbonyl (C=O) groups is 1. The van der Waals surface area contributed by atoms with Gasteiger partial charge < -0.3 is 14.6 Å². The second-order valence-corrected chi connectivity index (χ2v) is 7.05. The smallest absolute Gasteiger partial charge is 0.214 e. The summed E-state index contributed by atoms with van der Waals surface area (Å²) >= 11 is 0. The van der Waals surface area contributed by atoms with Crippen LogP contribution in [-0.4, -0.2) is 34.1 Å². The van der Waals surface area contributed by atoms with E-state index in [1.54, 1.807) is 0 Å². The molecule has 1 N–H and O–H groups in total. The number of pyridine rings is 2. The van der Waals surface area contributed by atoms with E-state index in [0.717, 1.165) is 16.5 Å². The van der Waals surface area contributed by atoms with Crippen molar-refractivity contribution >= 4 is 16.7 Å². The fourth-order valence-corrected chi connectivity index (χ4v) is 2.73. The van der Waals surface area contributed by atoms with Crippen LogP contribution in [-0.2, 0) is 6.42 Å². The van der Waals surface area contributed by atoms with Gasteiger partial charge in [-0.1, -0.05) is 19.9 Å². The molecule has 0 spiro atoms. The van der Waals surface area contributed by atoms with E-state index in [9.17, 15) is 9.90 Å². The van der Waals surface area contributed by atoms with Crippen LogP contribution in [0.25, 0.3) is 10.9 Å². The predicted octanol–water partition coefficient (Wildman–Crippen LogP) is 4.19. The minimum Gasteiger partial charge on any atom is -0.503 e. The van der Waals surface area contributed by atoms with E-state index in [2.05, 4.69) is 23.8 Å². The van der Waals surface area contributed by atoms with Crippen molar-refractivity contribution in [3.05, 3.63) is 53.9 Å². The van der Waals surface area contributed by atoms with Crippen LogP contribution in [0.5, 0.6) is 17.4 Å². The van der Waals surface area contributed by atoms with Crippen LogP contribution in [0, 0.1) is 5.92 Å². The third kappa shape index (κ3) is 4.22. The Balaban J connectivity index is 1.80. The molecule has 0 bridgehead atoms. The molecular weight excluding hydrogens is 356 g/mol. The molecule has 0 amide bonds. The highest BCUT2D eigenvalue weighted by Gasteiger charge is 2.17. The topological polar surface area (TPSA) is 81.5 Å². The van der Waals surface area contributed by atoms with Crippen LogP contribution >= 0.6 is 0 Å². The van der Waals surface area contributed by atoms with Gasteiger partial charge in [0.15, 0.2) is 23.0 Å². The average molecular weight is 380 g/mol. The molecule has 3 aromatic rings. The molecule has 0 aliphatic heterocycles. The van der Waals surface area contributed by atoms with Gasteiger partial charge in [0, 0.05) is 30.1 Å². The molecule has 0 aliphatic rings. The summed E-state index contributed by atoms with van der Waals surface area (Å²) in [4.78, 5) is 21.1. The molecule has 0 fully saturated rings. The standard InChI is InChI=1S/C22H24N2O4/c1-13(2)14(3)28-20-8-6-16-11-15(5-7-17(16)24-20)12-18(25)21-22(26)19(27-4)9-10-23-21/h5-11,13-14,26H,12H2,1-4H3. The van der Waals surface area contributed by atoms with Gasteiger partial charge in [-0.25, -0.2) is 9.97 Å². The highest BCUT2D eigenvalue weighted by molar-refractivity contribution is 5.99. The van der Waals surface area contributed by atoms with Gasteiger partial charge in [-0.05, 0) is 36.6 Å². The number of aromatic nitrogens is 2. The molecule has 3 rings (SSSR count). The van der Waals surface area contributed by atoms with Crippen LogP contribution in [0.4, 0.5) is 0 Å². The van der Waals surface area contributed by atoms with Crippen LogP contribution in [0.15, 0.2) is 42.6 Å². The molecule has 28 heavy (non-hydrogen) atoms. The van der Waals surface area contributed by atoms with Gasteiger partial charge in [-0.2, -0.15) is 0 Å². The van der Waals surface area contributed by atoms with Gasteiger partial charge in [0.1, 0.15) is 0 Å². The van der Waals surface area contributed by atoms with Gasteiger partial charge in [0.2, 0.25) is 5.88 Å². The van der Waals surface area contributed by atoms with Crippen LogP contribution < -0.4 is 9.47 Å². The Morgan fingerprint density at radius 3 is 2.64 bits per heavy atom. The van der Waals surface area contributed by atoms with Crippen molar-refractivity contribution in [1.29, 1.82) is 0 Å². The van der Waals surface area contributed by atoms with Gasteiger partial charge in [-0.3, -0.25) is 4.79 Å². The second-order valence-electron chi connectivity index (χ2n) is 7.05. The Kier molecular flexibility index (Phi) is 5.78. The van der Waals surface area contributed by atoms with Crippen molar-refractivity contribution in [3.63, 3.8) is 0 Å². The first kappa shape index (κ1) is 19.6. The Bertz CT molecular complexity index is 1000. The van der Waals surface area contributed by atoms with Crippen molar-refractivity contribution in [2.75, 3.05) is 7.11 Å². The summed E-state index contributed by atoms with van der Waals surface area (Å²) in [5, 5.41) is 11.0. The van der Waals surface area contributed by atoms with Gasteiger partial charge in [0.25, 0.3) is 0 Å². The third-order valence-corrected chi connectivity index (χ3v) is 4.71. The van der Waals surface area contributed by atoms with E-state index in [0.29, 0.717) is 11.8 Å². The number of carbonyl (C=O) groups excluding carboxylic acids is 1. The molecule has 0 radical (unpaired) electrons. The molecule has 0 saturated carbocycles. The number of Topliss-reactive ketones (excluding diaryl/α,β-unsaturated/α-hetero) is 1. The second kappa shape index (κ2) is 8.25. The quantitative estimate of drug-likeness (QED) is 0.619. The molecule has 1 aromatic carbocycles. The van der Waals surface area contributed by atoms with E-state index in [1.807, 2.05) is 37.3 Å². The fraction of sp³-hybridized carbons (Fsp3) is 0.318. The predicted molar refractivity (Wildman–Crippen MR) is 107 cm³/mol. The monoisotopic (exact) mass is 380 g/mol. The molecule has 0 saturated heterocycles. The maximum absolute atomic E-state index is 12.6. The summed E-state index contributed by atoms with van der Waals surface area (Å²) in [6.45, 7) is 6.22. The lowest BCUT2D eigenvalue weighted by Crippen LogP contribution is -2.19. The number of ketones is 1. The molecule has 1 atom stereocenters. The van der Waals surface area contributed by atoms with E-state index >= 15 is 0 Å². The molecule has 6 nitrogen and oxygen atoms in total. The number of aromatic hydroxyl groups is 1. The maximum Gasteiger partial charge on any atom is 0.214 e. The number of benzene rings is 1. The molecule has 0 aliphatic carbocycles. The molecule has 2 aromatic heterocycles. The van der Waals surface area contributed by atoms with Gasteiger partial charge >= 0.3 is 0 Å². The fourth-order valence-electron chi connectivity index (χ4n) is 2.73. The zero-order chi connectivity index (χ0) is 20.3. The number of methoxy groups -OCH3 is 1. The summed E-state index contributed by atoms with van der Waals surface area (Å²) in [5.41, 5.74) is 1.61. The Hall–Kier alpha value is -3.15. The molecule has 2 heterocycles. The Morgan fingerprint density at radius 2 is 1.93 bits per heavy atom. The number of hydrogen-bond acceptors (Lipinski definition) is 6. The first-order chi connectivity index (χ1) is 13.4. The first-order valence-electron chi connectivity index (χ1n) is 9.20. The van der Waals surface area contributed by atoms with Gasteiger partial charge in [-0.15, -0.1) is 0 Å². The summed E-state index contributed by atoms with van der Waals surface area (Å²) in [6, 6.07) is 10.9. The minimum absolute atomic E-state index is 0.00370. The number of nitrogens with zero attached hydrogens (tertiary/aromatic N) is 2. The molecule has 6 heteroatoms. The Morgan fingerprint density at radius 1 is 1.14 bits per heavy atom. The number of hydrogen-bond donors (Lipinski definition) is 1. The lowest BCUT2D eigenvalue weighted by Gasteiger charge is -2.17. The van der Waals surface area contributed by atoms with Crippen LogP contribution in [0.3, 0.4) is 0 Å². The molecule has 1 unspecified atom stereocenters. The van der Waals surface area contributed by atoms with E-state index < -0.39 is 0 Å². The lowest BCUT2D eigenvalue weighted by molar-refractivity contribution is 0.0984. The van der Waals surface area contributed by atoms with E-state index in [4.69, 9.17) is 9.47 Å². The zero-order valence-electron chi connectivity index (χ0n) is 16.5. The summed E-state index contributed by atoms with van der Waals surface area (Å²) in [6.07, 6.45) is 1.63. The maximum atomic E-state index is 12.6. The van der Waals surface area contributed by atoms with Crippen molar-refractivity contribution in [3.8, 4) is 17.4 Å². The van der Waals surface area contributed by atoms with Crippen molar-refractivity contribution < 1.29 is 19.4 Å². The normalized spacial score (nSPS) is 12.2. The largest absolute Gasteiger partial charge is 0.503 e. The van der Waals surface area contributed by atoms with Crippen molar-refractivity contribution in [2.24, 2.45) is 5.92 Å². The van der Waals surface area contributed by atoms with E-state index in [-0.39, 0.29) is 35.5 Å². The number of fused-ring (bicyclic) bond motifs is 1. The zero-order valence-corrected chi connectivity index (χ0v) is 16.5. The van der Waals surface area contributed by atoms with Crippen LogP contribution in [0.2, 0.25) is 0 Å². The molecule has 146 valence electrons. The minimum atomic E-state index is -0.283. The lowest BCUT2D eigenvalue weighted by atomic mass is 10.0. The highest BCUT2D eigenvalue weighted by Crippen LogP contribution is 2.29. The summed E-state index contributed by atoms with van der Waals surface area (Å²) in [7, 11) is 1.43. The highest BCUT2D eigenvalue weighted by atomic mass is 16.5. The van der Waals surface area contributed by atoms with Crippen molar-refractivity contribution in [1.82, 2.24) is 9.97 Å². The van der Waals surface area contributed by atoms with Gasteiger partial charge in [0.05, 0.1) is 18.7 Å². The summed E-state index contributed by atoms with van der Waals surface area (Å²) in [5.74, 6) is 0.688. The van der Waals surface area contributed by atoms with E-state index in [1.165, 1.54) is 19.4 Å². The SMILES string of the molecule is COc1ccnc(C(=O)Cc2ccc3nc(OC(C)C(C)C)ccc3c2)c1O. The van der Waals surface area contributed by atoms with Crippen molar-refractivity contribution in [2.45, 2.75) is 33.3 Å². The first-order valence-corrected chi connectivity index (χ1v) is 9.20. The summed E-state index contributed by atoms with van der Waals surface area (Å²) < 4.78 is 10.9. The number of ether oxygens (including phenoxy) is 2. The average Bonchev–Trinajstić information content (AvgIpc) is 2.68. The Labute approximate surface area is 164 Å². The number of rotatable bonds is 7. The molecular formula is C22H24N2O4. The van der Waals surface area contributed by atoms with Crippen LogP contribution in [0.1, 0.15) is 36.8 Å².